The summed E-state index contributed by atoms with van der Waals surface area (Å²) in [4.78, 5) is 26.6. The standard InChI is InChI=1S/C15H17F2N3O.C11H18N2O2/c16-15(17,8-11-4-2-1-3-5-11)9-12(19)13(21)20-14(10-18)6-7-14;14-10(15)13-7-11(8-13)3-5-12(6-4-11)9-1-2-9/h1-5,12H,6-9,19H2,(H,20,21);9H,1-8H2,(H,14,15)/t12-;/m0./s1. The van der Waals surface area contributed by atoms with E-state index in [2.05, 4.69) is 10.2 Å². The number of alkyl halides is 2. The summed E-state index contributed by atoms with van der Waals surface area (Å²) in [7, 11) is 0. The Labute approximate surface area is 210 Å². The molecule has 5 rings (SSSR count). The molecule has 2 aliphatic heterocycles. The monoisotopic (exact) mass is 503 g/mol. The quantitative estimate of drug-likeness (QED) is 0.526. The molecular formula is C26H35F2N5O3. The van der Waals surface area contributed by atoms with Crippen LogP contribution in [0.1, 0.15) is 50.5 Å². The number of rotatable bonds is 7. The van der Waals surface area contributed by atoms with Gasteiger partial charge in [-0.25, -0.2) is 13.6 Å². The number of amides is 2. The van der Waals surface area contributed by atoms with E-state index in [9.17, 15) is 18.4 Å². The fourth-order valence-electron chi connectivity index (χ4n) is 5.12. The van der Waals surface area contributed by atoms with Crippen molar-refractivity contribution in [3.05, 3.63) is 35.9 Å². The maximum absolute atomic E-state index is 13.9. The molecule has 196 valence electrons. The van der Waals surface area contributed by atoms with Crippen molar-refractivity contribution >= 4 is 12.0 Å². The Kier molecular flexibility index (Phi) is 7.53. The van der Waals surface area contributed by atoms with E-state index in [1.54, 1.807) is 35.2 Å². The first kappa shape index (κ1) is 26.3. The van der Waals surface area contributed by atoms with Crippen LogP contribution in [0.4, 0.5) is 13.6 Å². The molecule has 0 unspecified atom stereocenters. The van der Waals surface area contributed by atoms with Crippen molar-refractivity contribution in [1.82, 2.24) is 15.1 Å². The molecular weight excluding hydrogens is 468 g/mol. The minimum Gasteiger partial charge on any atom is -0.465 e. The molecule has 2 heterocycles. The minimum absolute atomic E-state index is 0.351. The number of piperidine rings is 1. The first-order valence-corrected chi connectivity index (χ1v) is 12.7. The van der Waals surface area contributed by atoms with Crippen LogP contribution in [-0.4, -0.2) is 76.6 Å². The molecule has 10 heteroatoms. The van der Waals surface area contributed by atoms with Gasteiger partial charge in [0, 0.05) is 37.4 Å². The van der Waals surface area contributed by atoms with E-state index in [4.69, 9.17) is 16.1 Å². The number of benzene rings is 1. The van der Waals surface area contributed by atoms with Gasteiger partial charge in [0.2, 0.25) is 5.91 Å². The van der Waals surface area contributed by atoms with Crippen LogP contribution in [0, 0.1) is 16.7 Å². The van der Waals surface area contributed by atoms with Crippen LogP contribution < -0.4 is 11.1 Å². The molecule has 4 aliphatic rings. The second kappa shape index (κ2) is 10.3. The predicted octanol–water partition coefficient (Wildman–Crippen LogP) is 2.98. The highest BCUT2D eigenvalue weighted by molar-refractivity contribution is 5.83. The van der Waals surface area contributed by atoms with Gasteiger partial charge in [0.15, 0.2) is 0 Å². The first-order chi connectivity index (χ1) is 17.0. The van der Waals surface area contributed by atoms with Gasteiger partial charge >= 0.3 is 6.09 Å². The second-order valence-corrected chi connectivity index (χ2v) is 10.9. The molecule has 1 atom stereocenters. The Morgan fingerprint density at radius 2 is 1.78 bits per heavy atom. The molecule has 4 fully saturated rings. The predicted molar refractivity (Wildman–Crippen MR) is 129 cm³/mol. The second-order valence-electron chi connectivity index (χ2n) is 10.9. The SMILES string of the molecule is N#CC1(NC(=O)[C@@H](N)CC(F)(F)Cc2ccccc2)CC1.O=C(O)N1CC2(CCN(C3CC3)CC2)C1. The third-order valence-electron chi connectivity index (χ3n) is 7.73. The topological polar surface area (TPSA) is 123 Å². The number of carboxylic acid groups (broad SMARTS) is 1. The van der Waals surface area contributed by atoms with Crippen molar-refractivity contribution in [2.24, 2.45) is 11.1 Å². The zero-order valence-corrected chi connectivity index (χ0v) is 20.5. The average Bonchev–Trinajstić information content (AvgIpc) is 3.74. The van der Waals surface area contributed by atoms with Gasteiger partial charge in [0.25, 0.3) is 5.92 Å². The Morgan fingerprint density at radius 1 is 1.17 bits per heavy atom. The minimum atomic E-state index is -3.07. The van der Waals surface area contributed by atoms with Gasteiger partial charge in [-0.3, -0.25) is 4.79 Å². The van der Waals surface area contributed by atoms with Gasteiger partial charge < -0.3 is 26.0 Å². The van der Waals surface area contributed by atoms with Crippen molar-refractivity contribution in [3.8, 4) is 6.07 Å². The fourth-order valence-corrected chi connectivity index (χ4v) is 5.12. The highest BCUT2D eigenvalue weighted by Crippen LogP contribution is 2.42. The van der Waals surface area contributed by atoms with Gasteiger partial charge in [0.1, 0.15) is 5.54 Å². The van der Waals surface area contributed by atoms with Crippen molar-refractivity contribution in [1.29, 1.82) is 5.26 Å². The summed E-state index contributed by atoms with van der Waals surface area (Å²) in [6.45, 7) is 3.94. The van der Waals surface area contributed by atoms with Gasteiger partial charge in [0.05, 0.1) is 12.1 Å². The Balaban J connectivity index is 0.000000178. The summed E-state index contributed by atoms with van der Waals surface area (Å²) < 4.78 is 27.9. The van der Waals surface area contributed by atoms with E-state index < -0.39 is 42.3 Å². The lowest BCUT2D eigenvalue weighted by atomic mass is 9.72. The van der Waals surface area contributed by atoms with Crippen LogP contribution in [0.3, 0.4) is 0 Å². The molecule has 0 aromatic heterocycles. The van der Waals surface area contributed by atoms with Crippen molar-refractivity contribution in [3.63, 3.8) is 0 Å². The molecule has 0 radical (unpaired) electrons. The fraction of sp³-hybridized carbons (Fsp3) is 0.654. The van der Waals surface area contributed by atoms with E-state index in [1.165, 1.54) is 38.8 Å². The number of carbonyl (C=O) groups excluding carboxylic acids is 1. The molecule has 36 heavy (non-hydrogen) atoms. The summed E-state index contributed by atoms with van der Waals surface area (Å²) >= 11 is 0. The summed E-state index contributed by atoms with van der Waals surface area (Å²) in [5, 5.41) is 20.1. The molecule has 2 saturated heterocycles. The number of nitrogens with two attached hydrogens (primary N) is 1. The lowest BCUT2D eigenvalue weighted by molar-refractivity contribution is -0.125. The van der Waals surface area contributed by atoms with Crippen molar-refractivity contribution in [2.45, 2.75) is 74.9 Å². The number of carbonyl (C=O) groups is 2. The first-order valence-electron chi connectivity index (χ1n) is 12.7. The number of hydrogen-bond donors (Lipinski definition) is 3. The van der Waals surface area contributed by atoms with Gasteiger partial charge in [-0.15, -0.1) is 0 Å². The summed E-state index contributed by atoms with van der Waals surface area (Å²) in [5.41, 5.74) is 5.50. The molecule has 1 spiro atoms. The normalized spacial score (nSPS) is 22.9. The van der Waals surface area contributed by atoms with Gasteiger partial charge in [-0.05, 0) is 57.2 Å². The maximum Gasteiger partial charge on any atom is 0.407 e. The van der Waals surface area contributed by atoms with Crippen LogP contribution in [0.5, 0.6) is 0 Å². The van der Waals surface area contributed by atoms with E-state index >= 15 is 0 Å². The zero-order valence-electron chi connectivity index (χ0n) is 20.5. The molecule has 1 aromatic rings. The highest BCUT2D eigenvalue weighted by Gasteiger charge is 2.48. The zero-order chi connectivity index (χ0) is 26.0. The number of likely N-dealkylation sites (tertiary alicyclic amines) is 2. The molecule has 1 aromatic carbocycles. The lowest BCUT2D eigenvalue weighted by Crippen LogP contribution is -2.61. The van der Waals surface area contributed by atoms with E-state index in [0.717, 1.165) is 19.1 Å². The Bertz CT molecular complexity index is 975. The number of halogens is 2. The smallest absolute Gasteiger partial charge is 0.407 e. The molecule has 2 aliphatic carbocycles. The average molecular weight is 504 g/mol. The van der Waals surface area contributed by atoms with Gasteiger partial charge in [-0.1, -0.05) is 30.3 Å². The molecule has 8 nitrogen and oxygen atoms in total. The number of nitriles is 1. The summed E-state index contributed by atoms with van der Waals surface area (Å²) in [6.07, 6.45) is 4.31. The molecule has 2 saturated carbocycles. The molecule has 4 N–H and O–H groups in total. The van der Waals surface area contributed by atoms with Crippen LogP contribution in [0.2, 0.25) is 0 Å². The Hall–Kier alpha value is -2.77. The van der Waals surface area contributed by atoms with Crippen LogP contribution >= 0.6 is 0 Å². The van der Waals surface area contributed by atoms with E-state index in [1.807, 2.05) is 6.07 Å². The van der Waals surface area contributed by atoms with Crippen molar-refractivity contribution in [2.75, 3.05) is 26.2 Å². The highest BCUT2D eigenvalue weighted by atomic mass is 19.3. The maximum atomic E-state index is 13.9. The van der Waals surface area contributed by atoms with E-state index in [-0.39, 0.29) is 0 Å². The number of nitrogens with one attached hydrogen (secondary N) is 1. The van der Waals surface area contributed by atoms with Crippen LogP contribution in [-0.2, 0) is 11.2 Å². The largest absolute Gasteiger partial charge is 0.465 e. The molecule has 2 amide bonds. The van der Waals surface area contributed by atoms with Gasteiger partial charge in [-0.2, -0.15) is 5.26 Å². The number of nitrogens with zero attached hydrogens (tertiary/aromatic N) is 3. The molecule has 0 bridgehead atoms. The van der Waals surface area contributed by atoms with E-state index in [0.29, 0.717) is 23.8 Å². The van der Waals surface area contributed by atoms with Crippen LogP contribution in [0.25, 0.3) is 0 Å². The van der Waals surface area contributed by atoms with Crippen LogP contribution in [0.15, 0.2) is 30.3 Å². The Morgan fingerprint density at radius 3 is 2.28 bits per heavy atom. The third-order valence-corrected chi connectivity index (χ3v) is 7.73. The third kappa shape index (κ3) is 6.71. The van der Waals surface area contributed by atoms with Crippen molar-refractivity contribution < 1.29 is 23.5 Å². The lowest BCUT2D eigenvalue weighted by Gasteiger charge is -2.53. The summed E-state index contributed by atoms with van der Waals surface area (Å²) in [6, 6.07) is 9.84. The summed E-state index contributed by atoms with van der Waals surface area (Å²) in [5.74, 6) is -3.76. The number of hydrogen-bond acceptors (Lipinski definition) is 5.